The first-order valence-corrected chi connectivity index (χ1v) is 9.30. The second kappa shape index (κ2) is 12.0. The van der Waals surface area contributed by atoms with Crippen molar-refractivity contribution >= 4 is 17.3 Å². The molecule has 0 heterocycles. The fourth-order valence-corrected chi connectivity index (χ4v) is 2.81. The fourth-order valence-electron chi connectivity index (χ4n) is 2.81. The van der Waals surface area contributed by atoms with E-state index >= 15 is 0 Å². The summed E-state index contributed by atoms with van der Waals surface area (Å²) in [5.74, 6) is -0.0143. The summed E-state index contributed by atoms with van der Waals surface area (Å²) >= 11 is 0. The molecule has 0 spiro atoms. The Balaban J connectivity index is 2.66. The normalized spacial score (nSPS) is 10.6. The van der Waals surface area contributed by atoms with Gasteiger partial charge in [-0.3, -0.25) is 4.79 Å². The smallest absolute Gasteiger partial charge is 0.221 e. The lowest BCUT2D eigenvalue weighted by atomic mass is 10.1. The van der Waals surface area contributed by atoms with Gasteiger partial charge >= 0.3 is 0 Å². The van der Waals surface area contributed by atoms with Crippen LogP contribution in [-0.2, 0) is 4.79 Å². The van der Waals surface area contributed by atoms with Crippen molar-refractivity contribution in [2.45, 2.75) is 72.1 Å². The minimum absolute atomic E-state index is 0.0143. The number of carbonyl (C=O) groups excluding carboxylic acids is 1. The Hall–Kier alpha value is -1.51. The van der Waals surface area contributed by atoms with Crippen LogP contribution in [-0.4, -0.2) is 19.0 Å². The Morgan fingerprint density at radius 1 is 0.957 bits per heavy atom. The standard InChI is InChI=1S/C20H34N2O/c1-4-6-8-10-15-22(16-11-9-7-5-2)20-14-12-13-19(17-20)21-18(3)23/h12-14,17H,4-11,15-16H2,1-3H3,(H,21,23). The minimum atomic E-state index is -0.0143. The molecule has 1 amide bonds. The summed E-state index contributed by atoms with van der Waals surface area (Å²) in [5, 5.41) is 2.89. The second-order valence-electron chi connectivity index (χ2n) is 6.34. The number of nitrogens with one attached hydrogen (secondary N) is 1. The molecule has 0 unspecified atom stereocenters. The molecule has 23 heavy (non-hydrogen) atoms. The highest BCUT2D eigenvalue weighted by atomic mass is 16.1. The van der Waals surface area contributed by atoms with Crippen LogP contribution in [0.15, 0.2) is 24.3 Å². The molecule has 0 radical (unpaired) electrons. The zero-order chi connectivity index (χ0) is 16.9. The molecule has 1 aromatic carbocycles. The molecule has 3 heteroatoms. The third-order valence-corrected chi connectivity index (χ3v) is 4.09. The van der Waals surface area contributed by atoms with Crippen molar-refractivity contribution in [3.05, 3.63) is 24.3 Å². The van der Waals surface area contributed by atoms with Gasteiger partial charge in [-0.25, -0.2) is 0 Å². The monoisotopic (exact) mass is 318 g/mol. The number of carbonyl (C=O) groups is 1. The molecule has 0 atom stereocenters. The van der Waals surface area contributed by atoms with Crippen LogP contribution < -0.4 is 10.2 Å². The van der Waals surface area contributed by atoms with E-state index in [4.69, 9.17) is 0 Å². The maximum absolute atomic E-state index is 11.3. The molecule has 0 aliphatic rings. The molecule has 130 valence electrons. The largest absolute Gasteiger partial charge is 0.371 e. The van der Waals surface area contributed by atoms with Crippen molar-refractivity contribution in [2.24, 2.45) is 0 Å². The number of amides is 1. The predicted molar refractivity (Wildman–Crippen MR) is 101 cm³/mol. The molecule has 0 aliphatic carbocycles. The molecule has 0 aliphatic heterocycles. The van der Waals surface area contributed by atoms with Crippen molar-refractivity contribution in [3.8, 4) is 0 Å². The number of hydrogen-bond acceptors (Lipinski definition) is 2. The number of benzene rings is 1. The first kappa shape index (κ1) is 19.5. The Bertz CT molecular complexity index is 433. The fraction of sp³-hybridized carbons (Fsp3) is 0.650. The van der Waals surface area contributed by atoms with E-state index in [1.807, 2.05) is 12.1 Å². The zero-order valence-corrected chi connectivity index (χ0v) is 15.2. The Kier molecular flexibility index (Phi) is 10.2. The van der Waals surface area contributed by atoms with E-state index in [0.29, 0.717) is 0 Å². The summed E-state index contributed by atoms with van der Waals surface area (Å²) in [6.45, 7) is 8.27. The summed E-state index contributed by atoms with van der Waals surface area (Å²) in [4.78, 5) is 13.7. The van der Waals surface area contributed by atoms with Gasteiger partial charge in [-0.05, 0) is 31.0 Å². The van der Waals surface area contributed by atoms with Crippen LogP contribution in [0.2, 0.25) is 0 Å². The summed E-state index contributed by atoms with van der Waals surface area (Å²) in [6, 6.07) is 8.24. The van der Waals surface area contributed by atoms with Gasteiger partial charge in [0.25, 0.3) is 0 Å². The van der Waals surface area contributed by atoms with E-state index in [-0.39, 0.29) is 5.91 Å². The van der Waals surface area contributed by atoms with Crippen LogP contribution in [0.4, 0.5) is 11.4 Å². The topological polar surface area (TPSA) is 32.3 Å². The van der Waals surface area contributed by atoms with Crippen molar-refractivity contribution < 1.29 is 4.79 Å². The van der Waals surface area contributed by atoms with Gasteiger partial charge in [0.2, 0.25) is 5.91 Å². The first-order chi connectivity index (χ1) is 11.2. The number of rotatable bonds is 12. The van der Waals surface area contributed by atoms with Crippen LogP contribution in [0, 0.1) is 0 Å². The third-order valence-electron chi connectivity index (χ3n) is 4.09. The molecule has 0 aromatic heterocycles. The van der Waals surface area contributed by atoms with Crippen molar-refractivity contribution in [3.63, 3.8) is 0 Å². The van der Waals surface area contributed by atoms with Crippen LogP contribution in [0.3, 0.4) is 0 Å². The van der Waals surface area contributed by atoms with E-state index in [9.17, 15) is 4.79 Å². The van der Waals surface area contributed by atoms with E-state index in [2.05, 4.69) is 36.2 Å². The van der Waals surface area contributed by atoms with Gasteiger partial charge in [-0.1, -0.05) is 58.4 Å². The highest BCUT2D eigenvalue weighted by molar-refractivity contribution is 5.89. The van der Waals surface area contributed by atoms with Gasteiger partial charge in [0.15, 0.2) is 0 Å². The Morgan fingerprint density at radius 2 is 1.57 bits per heavy atom. The summed E-state index contributed by atoms with van der Waals surface area (Å²) in [5.41, 5.74) is 2.12. The molecule has 1 rings (SSSR count). The molecular weight excluding hydrogens is 284 g/mol. The van der Waals surface area contributed by atoms with Crippen LogP contribution in [0.1, 0.15) is 72.1 Å². The minimum Gasteiger partial charge on any atom is -0.371 e. The van der Waals surface area contributed by atoms with Crippen molar-refractivity contribution in [1.82, 2.24) is 0 Å². The average molecular weight is 319 g/mol. The lowest BCUT2D eigenvalue weighted by molar-refractivity contribution is -0.114. The third kappa shape index (κ3) is 8.63. The first-order valence-electron chi connectivity index (χ1n) is 9.30. The summed E-state index contributed by atoms with van der Waals surface area (Å²) in [6.07, 6.45) is 10.3. The van der Waals surface area contributed by atoms with E-state index in [1.165, 1.54) is 57.1 Å². The van der Waals surface area contributed by atoms with Gasteiger partial charge in [0, 0.05) is 31.4 Å². The number of hydrogen-bond donors (Lipinski definition) is 1. The highest BCUT2D eigenvalue weighted by Gasteiger charge is 2.07. The van der Waals surface area contributed by atoms with Gasteiger partial charge in [0.05, 0.1) is 0 Å². The molecule has 1 aromatic rings. The highest BCUT2D eigenvalue weighted by Crippen LogP contribution is 2.21. The van der Waals surface area contributed by atoms with E-state index in [1.54, 1.807) is 6.92 Å². The Labute approximate surface area is 142 Å². The average Bonchev–Trinajstić information content (AvgIpc) is 2.53. The van der Waals surface area contributed by atoms with Gasteiger partial charge < -0.3 is 10.2 Å². The van der Waals surface area contributed by atoms with E-state index < -0.39 is 0 Å². The molecule has 0 fully saturated rings. The van der Waals surface area contributed by atoms with Crippen molar-refractivity contribution in [2.75, 3.05) is 23.3 Å². The molecule has 0 bridgehead atoms. The molecule has 0 saturated carbocycles. The summed E-state index contributed by atoms with van der Waals surface area (Å²) in [7, 11) is 0. The van der Waals surface area contributed by atoms with Crippen LogP contribution in [0.5, 0.6) is 0 Å². The quantitative estimate of drug-likeness (QED) is 0.508. The Morgan fingerprint density at radius 3 is 2.09 bits per heavy atom. The molecular formula is C20H34N2O. The lowest BCUT2D eigenvalue weighted by Crippen LogP contribution is -2.25. The predicted octanol–water partition coefficient (Wildman–Crippen LogP) is 5.61. The van der Waals surface area contributed by atoms with Gasteiger partial charge in [-0.2, -0.15) is 0 Å². The zero-order valence-electron chi connectivity index (χ0n) is 15.2. The van der Waals surface area contributed by atoms with Crippen LogP contribution in [0.25, 0.3) is 0 Å². The van der Waals surface area contributed by atoms with Crippen molar-refractivity contribution in [1.29, 1.82) is 0 Å². The van der Waals surface area contributed by atoms with E-state index in [0.717, 1.165) is 18.8 Å². The molecule has 3 nitrogen and oxygen atoms in total. The lowest BCUT2D eigenvalue weighted by Gasteiger charge is -2.25. The maximum atomic E-state index is 11.3. The maximum Gasteiger partial charge on any atom is 0.221 e. The number of nitrogens with zero attached hydrogens (tertiary/aromatic N) is 1. The SMILES string of the molecule is CCCCCCN(CCCCCC)c1cccc(NC(C)=O)c1. The van der Waals surface area contributed by atoms with Crippen LogP contribution >= 0.6 is 0 Å². The second-order valence-corrected chi connectivity index (χ2v) is 6.34. The summed E-state index contributed by atoms with van der Waals surface area (Å²) < 4.78 is 0. The number of anilines is 2. The number of unbranched alkanes of at least 4 members (excludes halogenated alkanes) is 6. The molecule has 1 N–H and O–H groups in total. The van der Waals surface area contributed by atoms with Gasteiger partial charge in [-0.15, -0.1) is 0 Å². The molecule has 0 saturated heterocycles. The van der Waals surface area contributed by atoms with Gasteiger partial charge in [0.1, 0.15) is 0 Å².